The van der Waals surface area contributed by atoms with Crippen LogP contribution in [0.15, 0.2) is 59.5 Å². The molecule has 0 spiro atoms. The highest BCUT2D eigenvalue weighted by atomic mass is 16.1. The van der Waals surface area contributed by atoms with E-state index >= 15 is 0 Å². The summed E-state index contributed by atoms with van der Waals surface area (Å²) in [6.07, 6.45) is 1.78. The Labute approximate surface area is 147 Å². The highest BCUT2D eigenvalue weighted by Crippen LogP contribution is 2.20. The molecule has 0 bridgehead atoms. The minimum Gasteiger partial charge on any atom is -0.369 e. The molecule has 1 saturated heterocycles. The van der Waals surface area contributed by atoms with Gasteiger partial charge in [0.05, 0.1) is 18.3 Å². The lowest BCUT2D eigenvalue weighted by atomic mass is 10.1. The number of nitrogens with zero attached hydrogens (tertiary/aromatic N) is 4. The van der Waals surface area contributed by atoms with Crippen LogP contribution in [-0.2, 0) is 6.67 Å². The second-order valence-electron chi connectivity index (χ2n) is 6.57. The van der Waals surface area contributed by atoms with Gasteiger partial charge in [-0.25, -0.2) is 4.68 Å². The Morgan fingerprint density at radius 2 is 1.68 bits per heavy atom. The number of aryl methyl sites for hydroxylation is 1. The zero-order valence-electron chi connectivity index (χ0n) is 14.4. The molecule has 5 heteroatoms. The second kappa shape index (κ2) is 6.69. The van der Waals surface area contributed by atoms with Gasteiger partial charge in [-0.1, -0.05) is 36.4 Å². The van der Waals surface area contributed by atoms with Crippen molar-refractivity contribution in [3.05, 3.63) is 70.6 Å². The summed E-state index contributed by atoms with van der Waals surface area (Å²) < 4.78 is 1.58. The van der Waals surface area contributed by atoms with E-state index in [9.17, 15) is 4.79 Å². The number of hydrogen-bond acceptors (Lipinski definition) is 4. The molecular weight excluding hydrogens is 312 g/mol. The summed E-state index contributed by atoms with van der Waals surface area (Å²) >= 11 is 0. The van der Waals surface area contributed by atoms with Crippen molar-refractivity contribution < 1.29 is 0 Å². The SMILES string of the molecule is Cc1ccccc1N1CCN(Cn2ncc3ccccc3c2=O)CC1. The van der Waals surface area contributed by atoms with Crippen molar-refractivity contribution in [3.63, 3.8) is 0 Å². The molecule has 3 aromatic rings. The monoisotopic (exact) mass is 334 g/mol. The van der Waals surface area contributed by atoms with Crippen LogP contribution in [0.5, 0.6) is 0 Å². The van der Waals surface area contributed by atoms with Gasteiger partial charge in [-0.05, 0) is 24.6 Å². The lowest BCUT2D eigenvalue weighted by molar-refractivity contribution is 0.192. The Hall–Kier alpha value is -2.66. The number of rotatable bonds is 3. The Balaban J connectivity index is 1.46. The maximum absolute atomic E-state index is 12.6. The normalized spacial score (nSPS) is 15.6. The van der Waals surface area contributed by atoms with Crippen molar-refractivity contribution >= 4 is 16.5 Å². The number of para-hydroxylation sites is 1. The predicted octanol–water partition coefficient (Wildman–Crippen LogP) is 2.48. The van der Waals surface area contributed by atoms with Crippen molar-refractivity contribution in [1.82, 2.24) is 14.7 Å². The van der Waals surface area contributed by atoms with Gasteiger partial charge in [0.25, 0.3) is 5.56 Å². The van der Waals surface area contributed by atoms with Gasteiger partial charge in [0.1, 0.15) is 0 Å². The van der Waals surface area contributed by atoms with E-state index in [1.807, 2.05) is 24.3 Å². The molecule has 1 aliphatic heterocycles. The number of anilines is 1. The van der Waals surface area contributed by atoms with Crippen LogP contribution >= 0.6 is 0 Å². The largest absolute Gasteiger partial charge is 0.369 e. The van der Waals surface area contributed by atoms with E-state index in [0.29, 0.717) is 6.67 Å². The molecule has 128 valence electrons. The van der Waals surface area contributed by atoms with Crippen molar-refractivity contribution in [2.75, 3.05) is 31.1 Å². The number of fused-ring (bicyclic) bond motifs is 1. The first-order valence-corrected chi connectivity index (χ1v) is 8.70. The number of piperazine rings is 1. The smallest absolute Gasteiger partial charge is 0.275 e. The zero-order valence-corrected chi connectivity index (χ0v) is 14.4. The molecule has 0 radical (unpaired) electrons. The molecule has 2 heterocycles. The standard InChI is InChI=1S/C20H22N4O/c1-16-6-2-5-9-19(16)23-12-10-22(11-13-23)15-24-20(25)18-8-4-3-7-17(18)14-21-24/h2-9,14H,10-13,15H2,1H3. The van der Waals surface area contributed by atoms with Gasteiger partial charge in [-0.15, -0.1) is 0 Å². The summed E-state index contributed by atoms with van der Waals surface area (Å²) in [6.45, 7) is 6.48. The third-order valence-electron chi connectivity index (χ3n) is 4.92. The van der Waals surface area contributed by atoms with Crippen LogP contribution in [0, 0.1) is 6.92 Å². The molecule has 0 amide bonds. The summed E-state index contributed by atoms with van der Waals surface area (Å²) in [4.78, 5) is 17.3. The first-order chi connectivity index (χ1) is 12.2. The van der Waals surface area contributed by atoms with Crippen molar-refractivity contribution in [3.8, 4) is 0 Å². The predicted molar refractivity (Wildman–Crippen MR) is 101 cm³/mol. The van der Waals surface area contributed by atoms with Crippen molar-refractivity contribution in [2.24, 2.45) is 0 Å². The lowest BCUT2D eigenvalue weighted by Gasteiger charge is -2.36. The third kappa shape index (κ3) is 3.15. The van der Waals surface area contributed by atoms with Gasteiger partial charge < -0.3 is 4.90 Å². The molecule has 0 aliphatic carbocycles. The quantitative estimate of drug-likeness (QED) is 0.738. The summed E-state index contributed by atoms with van der Waals surface area (Å²) in [7, 11) is 0. The Morgan fingerprint density at radius 3 is 2.48 bits per heavy atom. The Morgan fingerprint density at radius 1 is 0.960 bits per heavy atom. The molecule has 0 N–H and O–H groups in total. The van der Waals surface area contributed by atoms with Gasteiger partial charge >= 0.3 is 0 Å². The maximum Gasteiger partial charge on any atom is 0.275 e. The minimum absolute atomic E-state index is 0.0144. The molecule has 25 heavy (non-hydrogen) atoms. The number of benzene rings is 2. The van der Waals surface area contributed by atoms with E-state index < -0.39 is 0 Å². The summed E-state index contributed by atoms with van der Waals surface area (Å²) in [5.41, 5.74) is 2.60. The zero-order chi connectivity index (χ0) is 17.2. The van der Waals surface area contributed by atoms with Crippen LogP contribution in [0.25, 0.3) is 10.8 Å². The molecule has 2 aromatic carbocycles. The molecular formula is C20H22N4O. The van der Waals surface area contributed by atoms with Crippen LogP contribution in [0.4, 0.5) is 5.69 Å². The fourth-order valence-corrected chi connectivity index (χ4v) is 3.47. The van der Waals surface area contributed by atoms with Gasteiger partial charge in [0.2, 0.25) is 0 Å². The molecule has 0 saturated carbocycles. The highest BCUT2D eigenvalue weighted by Gasteiger charge is 2.19. The first-order valence-electron chi connectivity index (χ1n) is 8.70. The second-order valence-corrected chi connectivity index (χ2v) is 6.57. The molecule has 0 atom stereocenters. The molecule has 4 rings (SSSR count). The van der Waals surface area contributed by atoms with E-state index in [1.54, 1.807) is 10.9 Å². The molecule has 1 aromatic heterocycles. The Kier molecular flexibility index (Phi) is 4.24. The molecule has 1 fully saturated rings. The highest BCUT2D eigenvalue weighted by molar-refractivity contribution is 5.80. The average Bonchev–Trinajstić information content (AvgIpc) is 2.65. The molecule has 5 nitrogen and oxygen atoms in total. The maximum atomic E-state index is 12.6. The number of aromatic nitrogens is 2. The Bertz CT molecular complexity index is 942. The third-order valence-corrected chi connectivity index (χ3v) is 4.92. The van der Waals surface area contributed by atoms with Crippen LogP contribution < -0.4 is 10.5 Å². The van der Waals surface area contributed by atoms with E-state index in [0.717, 1.165) is 37.0 Å². The lowest BCUT2D eigenvalue weighted by Crippen LogP contribution is -2.48. The van der Waals surface area contributed by atoms with E-state index in [1.165, 1.54) is 11.3 Å². The summed E-state index contributed by atoms with van der Waals surface area (Å²) in [6, 6.07) is 16.1. The van der Waals surface area contributed by atoms with Crippen LogP contribution in [-0.4, -0.2) is 40.9 Å². The number of hydrogen-bond donors (Lipinski definition) is 0. The van der Waals surface area contributed by atoms with E-state index in [2.05, 4.69) is 46.1 Å². The van der Waals surface area contributed by atoms with Crippen LogP contribution in [0.3, 0.4) is 0 Å². The first kappa shape index (κ1) is 15.8. The van der Waals surface area contributed by atoms with E-state index in [4.69, 9.17) is 0 Å². The summed E-state index contributed by atoms with van der Waals surface area (Å²) in [5, 5.41) is 5.97. The van der Waals surface area contributed by atoms with Gasteiger partial charge in [0.15, 0.2) is 0 Å². The fourth-order valence-electron chi connectivity index (χ4n) is 3.47. The van der Waals surface area contributed by atoms with E-state index in [-0.39, 0.29) is 5.56 Å². The van der Waals surface area contributed by atoms with Crippen LogP contribution in [0.1, 0.15) is 5.56 Å². The van der Waals surface area contributed by atoms with Crippen LogP contribution in [0.2, 0.25) is 0 Å². The van der Waals surface area contributed by atoms with Crippen molar-refractivity contribution in [1.29, 1.82) is 0 Å². The fraction of sp³-hybridized carbons (Fsp3) is 0.300. The molecule has 0 unspecified atom stereocenters. The molecule has 1 aliphatic rings. The van der Waals surface area contributed by atoms with Gasteiger partial charge in [-0.3, -0.25) is 9.69 Å². The topological polar surface area (TPSA) is 41.4 Å². The van der Waals surface area contributed by atoms with Crippen molar-refractivity contribution in [2.45, 2.75) is 13.6 Å². The average molecular weight is 334 g/mol. The minimum atomic E-state index is -0.0144. The van der Waals surface area contributed by atoms with Gasteiger partial charge in [-0.2, -0.15) is 5.10 Å². The summed E-state index contributed by atoms with van der Waals surface area (Å²) in [5.74, 6) is 0. The van der Waals surface area contributed by atoms with Gasteiger partial charge in [0, 0.05) is 37.3 Å².